The molecule has 84 valence electrons. The smallest absolute Gasteiger partial charge is 0.481 e. The van der Waals surface area contributed by atoms with Gasteiger partial charge >= 0.3 is 13.1 Å². The summed E-state index contributed by atoms with van der Waals surface area (Å²) in [6.07, 6.45) is -0.106. The lowest BCUT2D eigenvalue weighted by Gasteiger charge is -2.08. The van der Waals surface area contributed by atoms with Crippen molar-refractivity contribution in [3.63, 3.8) is 0 Å². The molecule has 0 saturated carbocycles. The second-order valence-corrected chi connectivity index (χ2v) is 3.66. The van der Waals surface area contributed by atoms with Crippen LogP contribution in [0.15, 0.2) is 12.1 Å². The quantitative estimate of drug-likeness (QED) is 0.712. The van der Waals surface area contributed by atoms with E-state index in [4.69, 9.17) is 9.76 Å². The molecular formula is C10H10BFO4. The molecule has 0 atom stereocenters. The van der Waals surface area contributed by atoms with Gasteiger partial charge in [-0.05, 0) is 29.1 Å². The molecule has 0 saturated heterocycles. The van der Waals surface area contributed by atoms with Gasteiger partial charge in [0.1, 0.15) is 5.82 Å². The highest BCUT2D eigenvalue weighted by Gasteiger charge is 2.31. The summed E-state index contributed by atoms with van der Waals surface area (Å²) in [5.41, 5.74) is 1.35. The van der Waals surface area contributed by atoms with E-state index in [1.807, 2.05) is 0 Å². The van der Waals surface area contributed by atoms with Crippen LogP contribution in [0.2, 0.25) is 0 Å². The van der Waals surface area contributed by atoms with E-state index in [9.17, 15) is 14.2 Å². The van der Waals surface area contributed by atoms with Gasteiger partial charge in [-0.15, -0.1) is 0 Å². The lowest BCUT2D eigenvalue weighted by atomic mass is 9.75. The molecule has 1 aliphatic heterocycles. The molecule has 1 aromatic rings. The number of carboxylic acid groups (broad SMARTS) is 1. The van der Waals surface area contributed by atoms with Crippen LogP contribution in [0, 0.1) is 5.82 Å². The maximum absolute atomic E-state index is 13.5. The molecule has 4 nitrogen and oxygen atoms in total. The molecule has 0 spiro atoms. The predicted octanol–water partition coefficient (Wildman–Crippen LogP) is 0.0606. The van der Waals surface area contributed by atoms with E-state index in [2.05, 4.69) is 0 Å². The standard InChI is InChI=1S/C10H10BFO4/c12-8-3-1-6-5-16-11(15)10(6)7(8)2-4-9(13)14/h1,3,15H,2,4-5H2,(H,13,14). The first-order chi connectivity index (χ1) is 7.59. The van der Waals surface area contributed by atoms with Crippen LogP contribution in [0.1, 0.15) is 17.5 Å². The number of carbonyl (C=O) groups is 1. The van der Waals surface area contributed by atoms with Crippen molar-refractivity contribution < 1.29 is 24.0 Å². The first kappa shape index (κ1) is 11.1. The van der Waals surface area contributed by atoms with Gasteiger partial charge in [0.25, 0.3) is 0 Å². The van der Waals surface area contributed by atoms with Crippen molar-refractivity contribution in [1.82, 2.24) is 0 Å². The maximum Gasteiger partial charge on any atom is 0.492 e. The van der Waals surface area contributed by atoms with E-state index in [1.54, 1.807) is 6.07 Å². The van der Waals surface area contributed by atoms with Crippen LogP contribution < -0.4 is 5.46 Å². The van der Waals surface area contributed by atoms with Gasteiger partial charge in [0.05, 0.1) is 6.61 Å². The fourth-order valence-electron chi connectivity index (χ4n) is 1.86. The third kappa shape index (κ3) is 1.94. The molecule has 0 amide bonds. The Bertz CT molecular complexity index is 435. The Morgan fingerprint density at radius 2 is 2.31 bits per heavy atom. The highest BCUT2D eigenvalue weighted by Crippen LogP contribution is 2.17. The number of fused-ring (bicyclic) bond motifs is 1. The zero-order valence-corrected chi connectivity index (χ0v) is 8.44. The molecule has 0 aliphatic carbocycles. The van der Waals surface area contributed by atoms with Gasteiger partial charge in [0.15, 0.2) is 0 Å². The number of benzene rings is 1. The second-order valence-electron chi connectivity index (χ2n) is 3.66. The Labute approximate surface area is 91.8 Å². The summed E-state index contributed by atoms with van der Waals surface area (Å²) in [6.45, 7) is 0.233. The molecular weight excluding hydrogens is 214 g/mol. The normalized spacial score (nSPS) is 14.0. The van der Waals surface area contributed by atoms with E-state index in [1.165, 1.54) is 6.07 Å². The summed E-state index contributed by atoms with van der Waals surface area (Å²) in [6, 6.07) is 2.82. The predicted molar refractivity (Wildman–Crippen MR) is 54.8 cm³/mol. The zero-order valence-electron chi connectivity index (χ0n) is 8.44. The Balaban J connectivity index is 2.35. The second kappa shape index (κ2) is 4.23. The lowest BCUT2D eigenvalue weighted by molar-refractivity contribution is -0.136. The minimum absolute atomic E-state index is 0.0603. The third-order valence-electron chi connectivity index (χ3n) is 2.62. The molecule has 0 aromatic heterocycles. The first-order valence-corrected chi connectivity index (χ1v) is 4.91. The number of rotatable bonds is 3. The lowest BCUT2D eigenvalue weighted by Crippen LogP contribution is -2.32. The Morgan fingerprint density at radius 3 is 3.00 bits per heavy atom. The van der Waals surface area contributed by atoms with Gasteiger partial charge in [-0.25, -0.2) is 4.39 Å². The van der Waals surface area contributed by atoms with Gasteiger partial charge < -0.3 is 14.8 Å². The average Bonchev–Trinajstić information content (AvgIpc) is 2.59. The summed E-state index contributed by atoms with van der Waals surface area (Å²) in [4.78, 5) is 10.4. The summed E-state index contributed by atoms with van der Waals surface area (Å²) in [7, 11) is -1.14. The van der Waals surface area contributed by atoms with Crippen LogP contribution in [-0.4, -0.2) is 23.2 Å². The van der Waals surface area contributed by atoms with Crippen molar-refractivity contribution in [1.29, 1.82) is 0 Å². The summed E-state index contributed by atoms with van der Waals surface area (Å²) < 4.78 is 18.5. The molecule has 0 unspecified atom stereocenters. The SMILES string of the molecule is O=C(O)CCc1c(F)ccc2c1B(O)OC2. The van der Waals surface area contributed by atoms with Gasteiger partial charge in [-0.1, -0.05) is 6.07 Å². The minimum Gasteiger partial charge on any atom is -0.481 e. The third-order valence-corrected chi connectivity index (χ3v) is 2.62. The van der Waals surface area contributed by atoms with E-state index in [-0.39, 0.29) is 25.0 Å². The van der Waals surface area contributed by atoms with E-state index < -0.39 is 18.9 Å². The van der Waals surface area contributed by atoms with Crippen molar-refractivity contribution in [2.24, 2.45) is 0 Å². The molecule has 6 heteroatoms. The maximum atomic E-state index is 13.5. The zero-order chi connectivity index (χ0) is 11.7. The van der Waals surface area contributed by atoms with Gasteiger partial charge in [-0.3, -0.25) is 4.79 Å². The summed E-state index contributed by atoms with van der Waals surface area (Å²) >= 11 is 0. The fraction of sp³-hybridized carbons (Fsp3) is 0.300. The Morgan fingerprint density at radius 1 is 1.56 bits per heavy atom. The number of carboxylic acids is 1. The molecule has 2 N–H and O–H groups in total. The molecule has 1 aliphatic rings. The van der Waals surface area contributed by atoms with Crippen LogP contribution in [0.5, 0.6) is 0 Å². The summed E-state index contributed by atoms with van der Waals surface area (Å²) in [5.74, 6) is -1.49. The van der Waals surface area contributed by atoms with Crippen LogP contribution in [0.25, 0.3) is 0 Å². The van der Waals surface area contributed by atoms with Crippen molar-refractivity contribution in [3.05, 3.63) is 29.1 Å². The number of hydrogen-bond acceptors (Lipinski definition) is 3. The van der Waals surface area contributed by atoms with E-state index >= 15 is 0 Å². The highest BCUT2D eigenvalue weighted by atomic mass is 19.1. The molecule has 2 rings (SSSR count). The van der Waals surface area contributed by atoms with Gasteiger partial charge in [-0.2, -0.15) is 0 Å². The van der Waals surface area contributed by atoms with Crippen LogP contribution >= 0.6 is 0 Å². The van der Waals surface area contributed by atoms with Crippen molar-refractivity contribution in [2.75, 3.05) is 0 Å². The molecule has 0 radical (unpaired) electrons. The van der Waals surface area contributed by atoms with Gasteiger partial charge in [0.2, 0.25) is 0 Å². The molecule has 16 heavy (non-hydrogen) atoms. The van der Waals surface area contributed by atoms with Crippen LogP contribution in [0.4, 0.5) is 4.39 Å². The summed E-state index contributed by atoms with van der Waals surface area (Å²) in [5, 5.41) is 18.1. The monoisotopic (exact) mass is 224 g/mol. The van der Waals surface area contributed by atoms with Crippen LogP contribution in [-0.2, 0) is 22.5 Å². The Kier molecular flexibility index (Phi) is 2.94. The molecule has 1 heterocycles. The number of aliphatic carboxylic acids is 1. The number of hydrogen-bond donors (Lipinski definition) is 2. The molecule has 0 fully saturated rings. The average molecular weight is 224 g/mol. The van der Waals surface area contributed by atoms with Crippen LogP contribution in [0.3, 0.4) is 0 Å². The van der Waals surface area contributed by atoms with E-state index in [0.717, 1.165) is 0 Å². The van der Waals surface area contributed by atoms with E-state index in [0.29, 0.717) is 11.0 Å². The topological polar surface area (TPSA) is 66.8 Å². The Hall–Kier alpha value is -1.40. The molecule has 1 aromatic carbocycles. The highest BCUT2D eigenvalue weighted by molar-refractivity contribution is 6.62. The fourth-order valence-corrected chi connectivity index (χ4v) is 1.86. The van der Waals surface area contributed by atoms with Crippen molar-refractivity contribution in [2.45, 2.75) is 19.4 Å². The number of halogens is 1. The van der Waals surface area contributed by atoms with Crippen molar-refractivity contribution >= 4 is 18.6 Å². The van der Waals surface area contributed by atoms with Crippen molar-refractivity contribution in [3.8, 4) is 0 Å². The minimum atomic E-state index is -1.14. The van der Waals surface area contributed by atoms with Gasteiger partial charge in [0, 0.05) is 6.42 Å². The first-order valence-electron chi connectivity index (χ1n) is 4.91. The molecule has 0 bridgehead atoms. The largest absolute Gasteiger partial charge is 0.492 e.